The molecule has 166 valence electrons. The third kappa shape index (κ3) is 6.64. The van der Waals surface area contributed by atoms with E-state index >= 15 is 0 Å². The second-order valence-corrected chi connectivity index (χ2v) is 13.4. The van der Waals surface area contributed by atoms with Gasteiger partial charge in [0.25, 0.3) is 0 Å². The van der Waals surface area contributed by atoms with Gasteiger partial charge in [0.15, 0.2) is 0 Å². The Morgan fingerprint density at radius 3 is 2.50 bits per heavy atom. The van der Waals surface area contributed by atoms with Crippen LogP contribution in [0.25, 0.3) is 10.9 Å². The van der Waals surface area contributed by atoms with E-state index in [2.05, 4.69) is 34.7 Å². The summed E-state index contributed by atoms with van der Waals surface area (Å²) < 4.78 is 12.9. The quantitative estimate of drug-likeness (QED) is 0.155. The first-order valence-electron chi connectivity index (χ1n) is 11.4. The predicted octanol–water partition coefficient (Wildman–Crippen LogP) is 7.30. The third-order valence-corrected chi connectivity index (χ3v) is 7.73. The molecule has 1 saturated heterocycles. The van der Waals surface area contributed by atoms with Gasteiger partial charge in [-0.25, -0.2) is 4.39 Å². The molecule has 2 aromatic rings. The zero-order valence-corrected chi connectivity index (χ0v) is 22.5. The SMILES string of the molecule is CCN(CC)CCCCCC1CCN(c2ccnc3cc(C(F)(I)I)ccc23)CC1. The minimum Gasteiger partial charge on any atom is -0.371 e. The smallest absolute Gasteiger partial charge is 0.235 e. The standard InChI is InChI=1S/C24H34FI2N3/c1-3-29(4-2)15-7-5-6-8-19-12-16-30(17-13-19)23-11-14-28-22-18-20(24(25,26)27)9-10-21(22)23/h9-11,14,18-19H,3-8,12-13,15-17H2,1-2H3. The van der Waals surface area contributed by atoms with Crippen molar-refractivity contribution in [2.24, 2.45) is 5.92 Å². The van der Waals surface area contributed by atoms with E-state index in [1.54, 1.807) is 0 Å². The average Bonchev–Trinajstić information content (AvgIpc) is 2.75. The van der Waals surface area contributed by atoms with Gasteiger partial charge in [0, 0.05) is 35.9 Å². The van der Waals surface area contributed by atoms with Crippen LogP contribution in [0, 0.1) is 5.92 Å². The fourth-order valence-electron chi connectivity index (χ4n) is 4.53. The highest BCUT2D eigenvalue weighted by molar-refractivity contribution is 14.2. The van der Waals surface area contributed by atoms with Crippen molar-refractivity contribution in [3.8, 4) is 0 Å². The van der Waals surface area contributed by atoms with Crippen molar-refractivity contribution in [2.75, 3.05) is 37.6 Å². The molecule has 1 aliphatic rings. The van der Waals surface area contributed by atoms with E-state index in [4.69, 9.17) is 0 Å². The van der Waals surface area contributed by atoms with E-state index in [0.29, 0.717) is 5.56 Å². The summed E-state index contributed by atoms with van der Waals surface area (Å²) in [6.07, 6.45) is 9.84. The highest BCUT2D eigenvalue weighted by Crippen LogP contribution is 2.42. The molecule has 6 heteroatoms. The lowest BCUT2D eigenvalue weighted by molar-refractivity contribution is 0.291. The van der Waals surface area contributed by atoms with Crippen LogP contribution in [-0.2, 0) is 1.68 Å². The van der Waals surface area contributed by atoms with Gasteiger partial charge in [0.05, 0.1) is 5.52 Å². The third-order valence-electron chi connectivity index (χ3n) is 6.48. The number of fused-ring (bicyclic) bond motifs is 1. The molecular formula is C24H34FI2N3. The number of anilines is 1. The Morgan fingerprint density at radius 2 is 1.83 bits per heavy atom. The normalized spacial score (nSPS) is 16.0. The van der Waals surface area contributed by atoms with Crippen molar-refractivity contribution in [1.29, 1.82) is 0 Å². The van der Waals surface area contributed by atoms with Crippen molar-refractivity contribution >= 4 is 61.8 Å². The number of alkyl halides is 3. The molecular weight excluding hydrogens is 603 g/mol. The fraction of sp³-hybridized carbons (Fsp3) is 0.625. The number of pyridine rings is 1. The Balaban J connectivity index is 1.51. The molecule has 3 rings (SSSR count). The number of nitrogens with zero attached hydrogens (tertiary/aromatic N) is 3. The largest absolute Gasteiger partial charge is 0.371 e. The topological polar surface area (TPSA) is 19.4 Å². The maximum atomic E-state index is 14.3. The molecule has 0 radical (unpaired) electrons. The van der Waals surface area contributed by atoms with Crippen LogP contribution in [0.2, 0.25) is 0 Å². The summed E-state index contributed by atoms with van der Waals surface area (Å²) in [4.78, 5) is 9.52. The number of halogens is 3. The molecule has 0 aliphatic carbocycles. The van der Waals surface area contributed by atoms with Gasteiger partial charge in [-0.2, -0.15) is 0 Å². The Bertz CT molecular complexity index is 797. The molecule has 1 aromatic carbocycles. The number of hydrogen-bond donors (Lipinski definition) is 0. The van der Waals surface area contributed by atoms with E-state index in [0.717, 1.165) is 29.9 Å². The lowest BCUT2D eigenvalue weighted by Gasteiger charge is -2.34. The van der Waals surface area contributed by atoms with E-state index in [-0.39, 0.29) is 0 Å². The van der Waals surface area contributed by atoms with Gasteiger partial charge in [-0.1, -0.05) is 45.2 Å². The molecule has 0 spiro atoms. The first-order chi connectivity index (χ1) is 14.4. The average molecular weight is 637 g/mol. The van der Waals surface area contributed by atoms with E-state index in [9.17, 15) is 4.39 Å². The predicted molar refractivity (Wildman–Crippen MR) is 144 cm³/mol. The Kier molecular flexibility index (Phi) is 9.43. The maximum absolute atomic E-state index is 14.3. The maximum Gasteiger partial charge on any atom is 0.235 e. The molecule has 1 aliphatic heterocycles. The summed E-state index contributed by atoms with van der Waals surface area (Å²) in [5.74, 6) is 0.861. The van der Waals surface area contributed by atoms with E-state index in [1.165, 1.54) is 63.8 Å². The summed E-state index contributed by atoms with van der Waals surface area (Å²) in [6.45, 7) is 10.3. The lowest BCUT2D eigenvalue weighted by atomic mass is 9.91. The molecule has 3 nitrogen and oxygen atoms in total. The molecule has 1 aromatic heterocycles. The van der Waals surface area contributed by atoms with Gasteiger partial charge in [0.2, 0.25) is 1.68 Å². The fourth-order valence-corrected chi connectivity index (χ4v) is 5.20. The van der Waals surface area contributed by atoms with Gasteiger partial charge in [-0.3, -0.25) is 4.98 Å². The van der Waals surface area contributed by atoms with Crippen LogP contribution in [0.4, 0.5) is 10.1 Å². The molecule has 2 heterocycles. The highest BCUT2D eigenvalue weighted by atomic mass is 127. The summed E-state index contributed by atoms with van der Waals surface area (Å²) in [5.41, 5.74) is 2.80. The van der Waals surface area contributed by atoms with Crippen molar-refractivity contribution in [1.82, 2.24) is 9.88 Å². The summed E-state index contributed by atoms with van der Waals surface area (Å²) >= 11 is 3.66. The van der Waals surface area contributed by atoms with Gasteiger partial charge in [-0.15, -0.1) is 0 Å². The monoisotopic (exact) mass is 637 g/mol. The number of piperidine rings is 1. The van der Waals surface area contributed by atoms with E-state index in [1.807, 2.05) is 69.6 Å². The van der Waals surface area contributed by atoms with Crippen molar-refractivity contribution in [2.45, 2.75) is 54.1 Å². The van der Waals surface area contributed by atoms with E-state index < -0.39 is 1.68 Å². The molecule has 0 bridgehead atoms. The number of benzene rings is 1. The van der Waals surface area contributed by atoms with Crippen LogP contribution in [0.3, 0.4) is 0 Å². The molecule has 0 N–H and O–H groups in total. The number of hydrogen-bond acceptors (Lipinski definition) is 3. The van der Waals surface area contributed by atoms with Crippen LogP contribution < -0.4 is 4.90 Å². The van der Waals surface area contributed by atoms with Gasteiger partial charge >= 0.3 is 0 Å². The molecule has 0 amide bonds. The van der Waals surface area contributed by atoms with Crippen LogP contribution in [0.1, 0.15) is 57.9 Å². The second-order valence-electron chi connectivity index (χ2n) is 8.37. The lowest BCUT2D eigenvalue weighted by Crippen LogP contribution is -2.33. The molecule has 0 atom stereocenters. The number of unbranched alkanes of at least 4 members (excludes halogenated alkanes) is 2. The molecule has 0 unspecified atom stereocenters. The molecule has 0 saturated carbocycles. The van der Waals surface area contributed by atoms with Crippen LogP contribution in [0.5, 0.6) is 0 Å². The number of rotatable bonds is 10. The Labute approximate surface area is 208 Å². The number of aromatic nitrogens is 1. The highest BCUT2D eigenvalue weighted by Gasteiger charge is 2.25. The second kappa shape index (κ2) is 11.6. The van der Waals surface area contributed by atoms with Gasteiger partial charge in [-0.05, 0) is 102 Å². The Hall–Kier alpha value is -0.220. The molecule has 30 heavy (non-hydrogen) atoms. The van der Waals surface area contributed by atoms with Gasteiger partial charge < -0.3 is 9.80 Å². The zero-order chi connectivity index (χ0) is 21.6. The summed E-state index contributed by atoms with van der Waals surface area (Å²) in [7, 11) is 0. The van der Waals surface area contributed by atoms with Crippen LogP contribution >= 0.6 is 45.2 Å². The summed E-state index contributed by atoms with van der Waals surface area (Å²) in [6, 6.07) is 7.95. The summed E-state index contributed by atoms with van der Waals surface area (Å²) in [5, 5.41) is 1.13. The van der Waals surface area contributed by atoms with Crippen molar-refractivity contribution in [3.63, 3.8) is 0 Å². The minimum atomic E-state index is -1.40. The zero-order valence-electron chi connectivity index (χ0n) is 18.2. The minimum absolute atomic E-state index is 0.667. The Morgan fingerprint density at radius 1 is 1.10 bits per heavy atom. The van der Waals surface area contributed by atoms with Crippen LogP contribution in [-0.4, -0.2) is 42.6 Å². The first-order valence-corrected chi connectivity index (χ1v) is 13.5. The van der Waals surface area contributed by atoms with Crippen molar-refractivity contribution < 1.29 is 4.39 Å². The first kappa shape index (κ1) is 24.4. The van der Waals surface area contributed by atoms with Gasteiger partial charge in [0.1, 0.15) is 0 Å². The molecule has 1 fully saturated rings. The van der Waals surface area contributed by atoms with Crippen LogP contribution in [0.15, 0.2) is 30.5 Å². The van der Waals surface area contributed by atoms with Crippen molar-refractivity contribution in [3.05, 3.63) is 36.0 Å².